The Bertz CT molecular complexity index is 1150. The molecule has 1 amide bonds. The summed E-state index contributed by atoms with van der Waals surface area (Å²) >= 11 is 0. The molecule has 0 bridgehead atoms. The Balaban J connectivity index is 1.29. The third kappa shape index (κ3) is 3.31. The molecule has 2 aliphatic heterocycles. The number of aryl methyl sites for hydroxylation is 2. The molecule has 31 heavy (non-hydrogen) atoms. The van der Waals surface area contributed by atoms with Crippen LogP contribution in [0.2, 0.25) is 0 Å². The molecule has 0 unspecified atom stereocenters. The van der Waals surface area contributed by atoms with Gasteiger partial charge in [0.25, 0.3) is 5.91 Å². The summed E-state index contributed by atoms with van der Waals surface area (Å²) in [7, 11) is 3.65. The molecule has 1 saturated heterocycles. The number of nitrogens with zero attached hydrogens (tertiary/aromatic N) is 5. The third-order valence-electron chi connectivity index (χ3n) is 6.48. The molecule has 1 aromatic carbocycles. The number of hydrogen-bond donors (Lipinski definition) is 1. The summed E-state index contributed by atoms with van der Waals surface area (Å²) in [5.41, 5.74) is 3.36. The Labute approximate surface area is 181 Å². The summed E-state index contributed by atoms with van der Waals surface area (Å²) in [4.78, 5) is 21.1. The van der Waals surface area contributed by atoms with Crippen LogP contribution in [0, 0.1) is 6.92 Å². The maximum absolute atomic E-state index is 12.4. The van der Waals surface area contributed by atoms with E-state index in [0.717, 1.165) is 54.0 Å². The quantitative estimate of drug-likeness (QED) is 0.697. The van der Waals surface area contributed by atoms with E-state index < -0.39 is 0 Å². The number of ether oxygens (including phenoxy) is 1. The number of carbonyl (C=O) groups excluding carboxylic acids is 1. The summed E-state index contributed by atoms with van der Waals surface area (Å²) in [5, 5.41) is 15.1. The first-order chi connectivity index (χ1) is 15.0. The maximum atomic E-state index is 12.4. The highest BCUT2D eigenvalue weighted by Gasteiger charge is 2.36. The van der Waals surface area contributed by atoms with Crippen LogP contribution in [0.5, 0.6) is 5.75 Å². The van der Waals surface area contributed by atoms with Gasteiger partial charge in [-0.05, 0) is 36.8 Å². The molecule has 1 fully saturated rings. The first-order valence-corrected chi connectivity index (χ1v) is 10.7. The average Bonchev–Trinajstić information content (AvgIpc) is 3.25. The number of anilines is 1. The van der Waals surface area contributed by atoms with Gasteiger partial charge in [0.15, 0.2) is 0 Å². The second-order valence-electron chi connectivity index (χ2n) is 8.47. The third-order valence-corrected chi connectivity index (χ3v) is 6.48. The lowest BCUT2D eigenvalue weighted by atomic mass is 10.1. The lowest BCUT2D eigenvalue weighted by molar-refractivity contribution is 0.0715. The lowest BCUT2D eigenvalue weighted by Crippen LogP contribution is -2.39. The van der Waals surface area contributed by atoms with Crippen molar-refractivity contribution < 1.29 is 14.6 Å². The standard InChI is InChI=1S/C23H27N5O3/c1-14-10-18-21(20(13-29)26(2)23(18)30)25-22(14)28-8-6-16(7-9-28)31-17-4-5-19-15(11-17)12-24-27(19)3/h4-5,10-12,16,20,29H,6-9,13H2,1-3H3/t20-/m0/s1. The van der Waals surface area contributed by atoms with Gasteiger partial charge in [-0.25, -0.2) is 4.98 Å². The molecular formula is C23H27N5O3. The number of carbonyl (C=O) groups is 1. The van der Waals surface area contributed by atoms with Gasteiger partial charge >= 0.3 is 0 Å². The van der Waals surface area contributed by atoms with Gasteiger partial charge in [-0.15, -0.1) is 0 Å². The number of benzene rings is 1. The molecule has 4 heterocycles. The van der Waals surface area contributed by atoms with Gasteiger partial charge in [-0.3, -0.25) is 9.48 Å². The highest BCUT2D eigenvalue weighted by atomic mass is 16.5. The second kappa shape index (κ2) is 7.53. The Hall–Kier alpha value is -3.13. The van der Waals surface area contributed by atoms with E-state index in [9.17, 15) is 9.90 Å². The predicted molar refractivity (Wildman–Crippen MR) is 117 cm³/mol. The van der Waals surface area contributed by atoms with Crippen molar-refractivity contribution in [3.8, 4) is 5.75 Å². The van der Waals surface area contributed by atoms with Gasteiger partial charge in [-0.1, -0.05) is 0 Å². The van der Waals surface area contributed by atoms with E-state index >= 15 is 0 Å². The van der Waals surface area contributed by atoms with E-state index in [1.54, 1.807) is 11.9 Å². The summed E-state index contributed by atoms with van der Waals surface area (Å²) in [6.45, 7) is 3.54. The van der Waals surface area contributed by atoms with Crippen molar-refractivity contribution >= 4 is 22.6 Å². The fourth-order valence-corrected chi connectivity index (χ4v) is 4.68. The van der Waals surface area contributed by atoms with Crippen molar-refractivity contribution in [2.24, 2.45) is 7.05 Å². The minimum atomic E-state index is -0.370. The fourth-order valence-electron chi connectivity index (χ4n) is 4.68. The zero-order chi connectivity index (χ0) is 21.7. The number of rotatable bonds is 4. The number of piperidine rings is 1. The van der Waals surface area contributed by atoms with E-state index in [1.165, 1.54) is 0 Å². The minimum absolute atomic E-state index is 0.0751. The van der Waals surface area contributed by atoms with Gasteiger partial charge in [0, 0.05) is 45.4 Å². The van der Waals surface area contributed by atoms with Crippen molar-refractivity contribution in [3.05, 3.63) is 47.3 Å². The Morgan fingerprint density at radius 2 is 1.97 bits per heavy atom. The molecule has 3 aromatic rings. The van der Waals surface area contributed by atoms with Crippen molar-refractivity contribution in [2.75, 3.05) is 31.6 Å². The molecule has 1 N–H and O–H groups in total. The Kier molecular flexibility index (Phi) is 4.81. The van der Waals surface area contributed by atoms with Gasteiger partial charge in [0.2, 0.25) is 0 Å². The molecule has 162 valence electrons. The van der Waals surface area contributed by atoms with Crippen LogP contribution in [0.25, 0.3) is 10.9 Å². The molecule has 2 aromatic heterocycles. The molecule has 2 aliphatic rings. The zero-order valence-electron chi connectivity index (χ0n) is 18.1. The minimum Gasteiger partial charge on any atom is -0.490 e. The number of hydrogen-bond acceptors (Lipinski definition) is 6. The zero-order valence-corrected chi connectivity index (χ0v) is 18.1. The number of pyridine rings is 1. The maximum Gasteiger partial charge on any atom is 0.256 e. The van der Waals surface area contributed by atoms with Crippen LogP contribution in [0.1, 0.15) is 40.5 Å². The normalized spacial score (nSPS) is 19.4. The molecular weight excluding hydrogens is 394 g/mol. The van der Waals surface area contributed by atoms with Crippen molar-refractivity contribution in [2.45, 2.75) is 31.9 Å². The van der Waals surface area contributed by atoms with E-state index in [4.69, 9.17) is 9.72 Å². The summed E-state index contributed by atoms with van der Waals surface area (Å²) in [6, 6.07) is 7.64. The first kappa shape index (κ1) is 19.8. The molecule has 0 saturated carbocycles. The topological polar surface area (TPSA) is 83.7 Å². The van der Waals surface area contributed by atoms with E-state index in [-0.39, 0.29) is 24.7 Å². The lowest BCUT2D eigenvalue weighted by Gasteiger charge is -2.34. The molecule has 0 aliphatic carbocycles. The number of amides is 1. The van der Waals surface area contributed by atoms with E-state index in [2.05, 4.69) is 10.00 Å². The number of fused-ring (bicyclic) bond motifs is 2. The first-order valence-electron chi connectivity index (χ1n) is 10.7. The van der Waals surface area contributed by atoms with Crippen LogP contribution < -0.4 is 9.64 Å². The van der Waals surface area contributed by atoms with Crippen LogP contribution in [-0.2, 0) is 7.05 Å². The van der Waals surface area contributed by atoms with Crippen molar-refractivity contribution in [3.63, 3.8) is 0 Å². The van der Waals surface area contributed by atoms with Gasteiger partial charge in [-0.2, -0.15) is 5.10 Å². The second-order valence-corrected chi connectivity index (χ2v) is 8.47. The summed E-state index contributed by atoms with van der Waals surface area (Å²) < 4.78 is 8.11. The van der Waals surface area contributed by atoms with Gasteiger partial charge in [0.1, 0.15) is 17.7 Å². The van der Waals surface area contributed by atoms with Crippen molar-refractivity contribution in [1.82, 2.24) is 19.7 Å². The molecule has 0 spiro atoms. The van der Waals surface area contributed by atoms with Crippen LogP contribution in [0.15, 0.2) is 30.5 Å². The SMILES string of the molecule is Cc1cc2c(nc1N1CCC(Oc3ccc4c(cnn4C)c3)CC1)[C@H](CO)N(C)C2=O. The molecule has 0 radical (unpaired) electrons. The summed E-state index contributed by atoms with van der Waals surface area (Å²) in [5.74, 6) is 1.70. The number of aliphatic hydroxyl groups is 1. The number of aliphatic hydroxyl groups excluding tert-OH is 1. The van der Waals surface area contributed by atoms with Gasteiger partial charge < -0.3 is 19.6 Å². The molecule has 8 nitrogen and oxygen atoms in total. The Morgan fingerprint density at radius 3 is 2.71 bits per heavy atom. The Morgan fingerprint density at radius 1 is 1.19 bits per heavy atom. The van der Waals surface area contributed by atoms with Crippen LogP contribution in [0.3, 0.4) is 0 Å². The smallest absolute Gasteiger partial charge is 0.256 e. The predicted octanol–water partition coefficient (Wildman–Crippen LogP) is 2.44. The highest BCUT2D eigenvalue weighted by molar-refractivity contribution is 5.99. The largest absolute Gasteiger partial charge is 0.490 e. The number of likely N-dealkylation sites (N-methyl/N-ethyl adjacent to an activating group) is 1. The van der Waals surface area contributed by atoms with Crippen LogP contribution in [-0.4, -0.2) is 63.5 Å². The van der Waals surface area contributed by atoms with Gasteiger partial charge in [0.05, 0.1) is 35.6 Å². The van der Waals surface area contributed by atoms with Crippen molar-refractivity contribution in [1.29, 1.82) is 0 Å². The average molecular weight is 422 g/mol. The molecule has 1 atom stereocenters. The van der Waals surface area contributed by atoms with Crippen LogP contribution >= 0.6 is 0 Å². The molecule has 8 heteroatoms. The monoisotopic (exact) mass is 421 g/mol. The summed E-state index contributed by atoms with van der Waals surface area (Å²) in [6.07, 6.45) is 3.80. The molecule has 5 rings (SSSR count). The van der Waals surface area contributed by atoms with E-state index in [0.29, 0.717) is 11.3 Å². The van der Waals surface area contributed by atoms with E-state index in [1.807, 2.05) is 49.1 Å². The fraction of sp³-hybridized carbons (Fsp3) is 0.435. The highest BCUT2D eigenvalue weighted by Crippen LogP contribution is 2.35. The van der Waals surface area contributed by atoms with Crippen LogP contribution in [0.4, 0.5) is 5.82 Å². The number of aromatic nitrogens is 3.